The minimum absolute atomic E-state index is 0.0620. The van der Waals surface area contributed by atoms with Gasteiger partial charge in [-0.2, -0.15) is 0 Å². The van der Waals surface area contributed by atoms with Crippen molar-refractivity contribution in [3.05, 3.63) is 35.4 Å². The molecule has 0 bridgehead atoms. The maximum atomic E-state index is 13.5. The van der Waals surface area contributed by atoms with Gasteiger partial charge in [-0.05, 0) is 18.2 Å². The average molecular weight is 263 g/mol. The van der Waals surface area contributed by atoms with Gasteiger partial charge in [-0.25, -0.2) is 19.6 Å². The predicted molar refractivity (Wildman–Crippen MR) is 56.1 cm³/mol. The number of carboxylic acids is 1. The van der Waals surface area contributed by atoms with E-state index in [2.05, 4.69) is 10.9 Å². The van der Waals surface area contributed by atoms with Crippen LogP contribution in [0.2, 0.25) is 0 Å². The molecule has 1 saturated heterocycles. The number of hydrogen-bond acceptors (Lipinski definition) is 3. The summed E-state index contributed by atoms with van der Waals surface area (Å²) in [6.45, 7) is 0. The second-order valence-corrected chi connectivity index (χ2v) is 4.17. The van der Waals surface area contributed by atoms with Gasteiger partial charge in [0.15, 0.2) is 0 Å². The van der Waals surface area contributed by atoms with Gasteiger partial charge in [-0.3, -0.25) is 4.79 Å². The first-order chi connectivity index (χ1) is 8.00. The highest BCUT2D eigenvalue weighted by Crippen LogP contribution is 2.32. The summed E-state index contributed by atoms with van der Waals surface area (Å²) in [5.74, 6) is -3.57. The first kappa shape index (κ1) is 12.2. The lowest BCUT2D eigenvalue weighted by molar-refractivity contribution is -0.142. The van der Waals surface area contributed by atoms with E-state index in [1.165, 1.54) is 0 Å². The molecule has 7 heteroatoms. The molecule has 1 heterocycles. The van der Waals surface area contributed by atoms with Gasteiger partial charge in [0, 0.05) is 5.56 Å². The Bertz CT molecular complexity index is 458. The molecule has 1 aliphatic rings. The minimum atomic E-state index is -1.18. The molecule has 1 aromatic carbocycles. The molecule has 0 aromatic heterocycles. The van der Waals surface area contributed by atoms with Gasteiger partial charge in [0.25, 0.3) is 0 Å². The summed E-state index contributed by atoms with van der Waals surface area (Å²) in [6, 6.07) is 1.97. The lowest BCUT2D eigenvalue weighted by atomic mass is 9.94. The summed E-state index contributed by atoms with van der Waals surface area (Å²) in [5.41, 5.74) is 4.09. The molecule has 2 rings (SSSR count). The van der Waals surface area contributed by atoms with Crippen molar-refractivity contribution in [2.24, 2.45) is 5.92 Å². The summed E-state index contributed by atoms with van der Waals surface area (Å²) >= 11 is 5.74. The molecule has 0 aliphatic carbocycles. The van der Waals surface area contributed by atoms with Crippen LogP contribution in [0, 0.1) is 17.6 Å². The molecule has 17 heavy (non-hydrogen) atoms. The highest BCUT2D eigenvalue weighted by Gasteiger charge is 2.42. The second kappa shape index (κ2) is 4.56. The largest absolute Gasteiger partial charge is 0.481 e. The van der Waals surface area contributed by atoms with Crippen LogP contribution < -0.4 is 10.9 Å². The van der Waals surface area contributed by atoms with Gasteiger partial charge in [-0.1, -0.05) is 0 Å². The number of nitrogens with one attached hydrogen (secondary N) is 2. The summed E-state index contributed by atoms with van der Waals surface area (Å²) in [7, 11) is 0. The van der Waals surface area contributed by atoms with Gasteiger partial charge >= 0.3 is 5.97 Å². The number of halogens is 3. The smallest absolute Gasteiger partial charge is 0.311 e. The van der Waals surface area contributed by atoms with Crippen molar-refractivity contribution < 1.29 is 18.7 Å². The van der Waals surface area contributed by atoms with Crippen LogP contribution in [-0.2, 0) is 4.79 Å². The molecule has 0 saturated carbocycles. The van der Waals surface area contributed by atoms with E-state index in [0.717, 1.165) is 18.2 Å². The van der Waals surface area contributed by atoms with Crippen molar-refractivity contribution in [3.63, 3.8) is 0 Å². The molecular formula is C10H9ClF2N2O2. The predicted octanol–water partition coefficient (Wildman–Crippen LogP) is 1.38. The summed E-state index contributed by atoms with van der Waals surface area (Å²) in [4.78, 5) is 11.0. The fourth-order valence-corrected chi connectivity index (χ4v) is 2.13. The van der Waals surface area contributed by atoms with Gasteiger partial charge < -0.3 is 5.11 Å². The lowest BCUT2D eigenvalue weighted by Gasteiger charge is -2.16. The van der Waals surface area contributed by atoms with E-state index in [-0.39, 0.29) is 5.56 Å². The Morgan fingerprint density at radius 1 is 1.35 bits per heavy atom. The molecule has 92 valence electrons. The maximum Gasteiger partial charge on any atom is 0.311 e. The van der Waals surface area contributed by atoms with E-state index in [1.807, 2.05) is 0 Å². The highest BCUT2D eigenvalue weighted by atomic mass is 35.5. The van der Waals surface area contributed by atoms with Crippen molar-refractivity contribution in [2.45, 2.75) is 11.5 Å². The number of benzene rings is 1. The Kier molecular flexibility index (Phi) is 3.28. The van der Waals surface area contributed by atoms with Crippen LogP contribution in [0.25, 0.3) is 0 Å². The van der Waals surface area contributed by atoms with Crippen molar-refractivity contribution in [1.82, 2.24) is 10.9 Å². The fraction of sp³-hybridized carbons (Fsp3) is 0.300. The number of rotatable bonds is 2. The van der Waals surface area contributed by atoms with Crippen molar-refractivity contribution in [1.29, 1.82) is 0 Å². The molecule has 0 amide bonds. The molecule has 1 aromatic rings. The van der Waals surface area contributed by atoms with Gasteiger partial charge in [0.2, 0.25) is 0 Å². The van der Waals surface area contributed by atoms with Crippen LogP contribution in [-0.4, -0.2) is 16.6 Å². The van der Waals surface area contributed by atoms with Gasteiger partial charge in [0.05, 0.1) is 6.04 Å². The molecule has 3 N–H and O–H groups in total. The molecule has 3 atom stereocenters. The third kappa shape index (κ3) is 2.24. The number of carboxylic acid groups (broad SMARTS) is 1. The Hall–Kier alpha value is -1.24. The first-order valence-electron chi connectivity index (χ1n) is 4.83. The maximum absolute atomic E-state index is 13.5. The van der Waals surface area contributed by atoms with Gasteiger partial charge in [-0.15, -0.1) is 11.6 Å². The SMILES string of the molecule is O=C(O)C1C(Cl)NNC1c1cc(F)ccc1F. The van der Waals surface area contributed by atoms with Crippen molar-refractivity contribution >= 4 is 17.6 Å². The van der Waals surface area contributed by atoms with Gasteiger partial charge in [0.1, 0.15) is 23.1 Å². The molecule has 0 spiro atoms. The van der Waals surface area contributed by atoms with E-state index >= 15 is 0 Å². The van der Waals surface area contributed by atoms with E-state index < -0.39 is 35.1 Å². The number of hydrazine groups is 1. The van der Waals surface area contributed by atoms with E-state index in [1.54, 1.807) is 0 Å². The third-order valence-electron chi connectivity index (χ3n) is 2.63. The molecule has 3 unspecified atom stereocenters. The topological polar surface area (TPSA) is 61.4 Å². The fourth-order valence-electron chi connectivity index (χ4n) is 1.81. The van der Waals surface area contributed by atoms with Crippen LogP contribution in [0.15, 0.2) is 18.2 Å². The summed E-state index contributed by atoms with van der Waals surface area (Å²) < 4.78 is 26.5. The first-order valence-corrected chi connectivity index (χ1v) is 5.27. The van der Waals surface area contributed by atoms with E-state index in [9.17, 15) is 13.6 Å². The van der Waals surface area contributed by atoms with E-state index in [0.29, 0.717) is 0 Å². The van der Waals surface area contributed by atoms with Crippen molar-refractivity contribution in [3.8, 4) is 0 Å². The van der Waals surface area contributed by atoms with Crippen molar-refractivity contribution in [2.75, 3.05) is 0 Å². The van der Waals surface area contributed by atoms with Crippen LogP contribution in [0.4, 0.5) is 8.78 Å². The minimum Gasteiger partial charge on any atom is -0.481 e. The number of hydrogen-bond donors (Lipinski definition) is 3. The average Bonchev–Trinajstić information content (AvgIpc) is 2.64. The van der Waals surface area contributed by atoms with E-state index in [4.69, 9.17) is 16.7 Å². The highest BCUT2D eigenvalue weighted by molar-refractivity contribution is 6.21. The molecular weight excluding hydrogens is 254 g/mol. The number of alkyl halides is 1. The summed E-state index contributed by atoms with van der Waals surface area (Å²) in [5, 5.41) is 8.99. The zero-order valence-electron chi connectivity index (χ0n) is 8.45. The summed E-state index contributed by atoms with van der Waals surface area (Å²) in [6.07, 6.45) is 0. The standard InChI is InChI=1S/C10H9ClF2N2O2/c11-9-7(10(16)17)8(14-15-9)5-3-4(12)1-2-6(5)13/h1-3,7-9,14-15H,(H,16,17). The Morgan fingerprint density at radius 2 is 2.06 bits per heavy atom. The number of carbonyl (C=O) groups is 1. The second-order valence-electron chi connectivity index (χ2n) is 3.70. The van der Waals surface area contributed by atoms with Crippen LogP contribution in [0.1, 0.15) is 11.6 Å². The quantitative estimate of drug-likeness (QED) is 0.557. The Balaban J connectivity index is 2.39. The van der Waals surface area contributed by atoms with Crippen LogP contribution in [0.5, 0.6) is 0 Å². The van der Waals surface area contributed by atoms with Crippen LogP contribution >= 0.6 is 11.6 Å². The molecule has 4 nitrogen and oxygen atoms in total. The molecule has 1 aliphatic heterocycles. The Labute approximate surface area is 101 Å². The monoisotopic (exact) mass is 262 g/mol. The Morgan fingerprint density at radius 3 is 2.71 bits per heavy atom. The zero-order valence-corrected chi connectivity index (χ0v) is 9.21. The lowest BCUT2D eigenvalue weighted by Crippen LogP contribution is -2.28. The molecule has 0 radical (unpaired) electrons. The molecule has 1 fully saturated rings. The number of aliphatic carboxylic acids is 1. The van der Waals surface area contributed by atoms with Crippen LogP contribution in [0.3, 0.4) is 0 Å². The zero-order chi connectivity index (χ0) is 12.6. The third-order valence-corrected chi connectivity index (χ3v) is 3.01. The normalized spacial score (nSPS) is 28.3.